The first kappa shape index (κ1) is 14.0. The number of carbonyl (C=O) groups excluding carboxylic acids is 2. The maximum Gasteiger partial charge on any atom is 0.240 e. The van der Waals surface area contributed by atoms with E-state index in [1.807, 2.05) is 42.5 Å². The van der Waals surface area contributed by atoms with Crippen molar-refractivity contribution in [3.8, 4) is 0 Å². The summed E-state index contributed by atoms with van der Waals surface area (Å²) in [5, 5.41) is 0. The molecule has 1 fully saturated rings. The van der Waals surface area contributed by atoms with Crippen LogP contribution in [-0.4, -0.2) is 17.9 Å². The molecule has 0 bridgehead atoms. The molecule has 0 aromatic heterocycles. The van der Waals surface area contributed by atoms with Gasteiger partial charge < -0.3 is 5.73 Å². The van der Waals surface area contributed by atoms with E-state index in [2.05, 4.69) is 12.1 Å². The molecule has 2 N–H and O–H groups in total. The van der Waals surface area contributed by atoms with Crippen molar-refractivity contribution in [3.63, 3.8) is 0 Å². The zero-order valence-electron chi connectivity index (χ0n) is 12.7. The molecule has 0 saturated heterocycles. The maximum absolute atomic E-state index is 13.0. The standard InChI is InChI=1S/C19H18N2O2/c20-18(22)17-10-13-8-4-5-9-16(13)21(17)19(23)15-11-14(15)12-6-2-1-3-7-12/h1-9,14-15,17H,10-11H2,(H2,20,22)/t14-,15+,17-/m0/s1. The van der Waals surface area contributed by atoms with Crippen LogP contribution >= 0.6 is 0 Å². The van der Waals surface area contributed by atoms with E-state index in [-0.39, 0.29) is 17.7 Å². The SMILES string of the molecule is NC(=O)[C@@H]1Cc2ccccc2N1C(=O)[C@@H]1C[C@H]1c1ccccc1. The summed E-state index contributed by atoms with van der Waals surface area (Å²) in [6, 6.07) is 17.2. The smallest absolute Gasteiger partial charge is 0.240 e. The number of hydrogen-bond acceptors (Lipinski definition) is 2. The lowest BCUT2D eigenvalue weighted by molar-refractivity contribution is -0.125. The van der Waals surface area contributed by atoms with Gasteiger partial charge in [0.1, 0.15) is 6.04 Å². The number of nitrogens with zero attached hydrogens (tertiary/aromatic N) is 1. The van der Waals surface area contributed by atoms with E-state index in [9.17, 15) is 9.59 Å². The summed E-state index contributed by atoms with van der Waals surface area (Å²) in [5.74, 6) is -0.213. The molecule has 2 aromatic rings. The van der Waals surface area contributed by atoms with Gasteiger partial charge in [-0.25, -0.2) is 0 Å². The third kappa shape index (κ3) is 2.31. The second kappa shape index (κ2) is 5.23. The Morgan fingerprint density at radius 1 is 1.00 bits per heavy atom. The van der Waals surface area contributed by atoms with Gasteiger partial charge in [0.15, 0.2) is 0 Å². The highest BCUT2D eigenvalue weighted by atomic mass is 16.2. The van der Waals surface area contributed by atoms with Gasteiger partial charge in [-0.2, -0.15) is 0 Å². The molecule has 4 heteroatoms. The summed E-state index contributed by atoms with van der Waals surface area (Å²) in [7, 11) is 0. The van der Waals surface area contributed by atoms with Gasteiger partial charge in [0.2, 0.25) is 11.8 Å². The summed E-state index contributed by atoms with van der Waals surface area (Å²) in [4.78, 5) is 26.4. The molecule has 0 radical (unpaired) electrons. The van der Waals surface area contributed by atoms with Crippen molar-refractivity contribution in [2.75, 3.05) is 4.90 Å². The van der Waals surface area contributed by atoms with E-state index in [1.165, 1.54) is 5.56 Å². The van der Waals surface area contributed by atoms with Crippen LogP contribution in [0, 0.1) is 5.92 Å². The van der Waals surface area contributed by atoms with Crippen LogP contribution in [0.5, 0.6) is 0 Å². The van der Waals surface area contributed by atoms with Gasteiger partial charge in [0.25, 0.3) is 0 Å². The number of nitrogens with two attached hydrogens (primary N) is 1. The molecule has 1 aliphatic carbocycles. The van der Waals surface area contributed by atoms with Crippen LogP contribution in [0.2, 0.25) is 0 Å². The summed E-state index contributed by atoms with van der Waals surface area (Å²) < 4.78 is 0. The Morgan fingerprint density at radius 2 is 1.70 bits per heavy atom. The third-order valence-electron chi connectivity index (χ3n) is 4.88. The van der Waals surface area contributed by atoms with E-state index in [4.69, 9.17) is 5.73 Å². The first-order valence-electron chi connectivity index (χ1n) is 7.92. The summed E-state index contributed by atoms with van der Waals surface area (Å²) in [5.41, 5.74) is 8.58. The minimum Gasteiger partial charge on any atom is -0.368 e. The summed E-state index contributed by atoms with van der Waals surface area (Å²) in [6.45, 7) is 0. The van der Waals surface area contributed by atoms with Crippen LogP contribution in [0.4, 0.5) is 5.69 Å². The second-order valence-corrected chi connectivity index (χ2v) is 6.32. The molecular formula is C19H18N2O2. The van der Waals surface area contributed by atoms with Gasteiger partial charge in [0.05, 0.1) is 0 Å². The largest absolute Gasteiger partial charge is 0.368 e. The van der Waals surface area contributed by atoms with Crippen molar-refractivity contribution in [3.05, 3.63) is 65.7 Å². The van der Waals surface area contributed by atoms with Crippen LogP contribution in [0.15, 0.2) is 54.6 Å². The molecule has 4 nitrogen and oxygen atoms in total. The van der Waals surface area contributed by atoms with Gasteiger partial charge >= 0.3 is 0 Å². The van der Waals surface area contributed by atoms with E-state index < -0.39 is 11.9 Å². The van der Waals surface area contributed by atoms with Gasteiger partial charge in [-0.15, -0.1) is 0 Å². The highest BCUT2D eigenvalue weighted by Gasteiger charge is 2.49. The molecule has 2 aromatic carbocycles. The Labute approximate surface area is 134 Å². The summed E-state index contributed by atoms with van der Waals surface area (Å²) >= 11 is 0. The van der Waals surface area contributed by atoms with Gasteiger partial charge in [-0.3, -0.25) is 14.5 Å². The number of rotatable bonds is 3. The average Bonchev–Trinajstić information content (AvgIpc) is 3.28. The minimum absolute atomic E-state index is 0.0209. The number of carbonyl (C=O) groups is 2. The Balaban J connectivity index is 1.61. The fourth-order valence-electron chi connectivity index (χ4n) is 3.60. The van der Waals surface area contributed by atoms with E-state index in [0.29, 0.717) is 6.42 Å². The zero-order valence-corrected chi connectivity index (χ0v) is 12.7. The van der Waals surface area contributed by atoms with Crippen molar-refractivity contribution in [2.24, 2.45) is 11.7 Å². The van der Waals surface area contributed by atoms with Gasteiger partial charge in [0, 0.05) is 18.0 Å². The molecule has 3 atom stereocenters. The fraction of sp³-hybridized carbons (Fsp3) is 0.263. The number of primary amides is 1. The van der Waals surface area contributed by atoms with E-state index >= 15 is 0 Å². The quantitative estimate of drug-likeness (QED) is 0.945. The van der Waals surface area contributed by atoms with Gasteiger partial charge in [-0.05, 0) is 29.5 Å². The van der Waals surface area contributed by atoms with Crippen molar-refractivity contribution in [1.82, 2.24) is 0 Å². The number of fused-ring (bicyclic) bond motifs is 1. The second-order valence-electron chi connectivity index (χ2n) is 6.32. The highest BCUT2D eigenvalue weighted by Crippen LogP contribution is 2.50. The number of para-hydroxylation sites is 1. The Morgan fingerprint density at radius 3 is 2.43 bits per heavy atom. The Hall–Kier alpha value is -2.62. The lowest BCUT2D eigenvalue weighted by Gasteiger charge is -2.23. The molecule has 2 amide bonds. The molecule has 116 valence electrons. The lowest BCUT2D eigenvalue weighted by Crippen LogP contribution is -2.46. The normalized spacial score (nSPS) is 25.0. The lowest BCUT2D eigenvalue weighted by atomic mass is 10.1. The van der Waals surface area contributed by atoms with Crippen LogP contribution in [0.1, 0.15) is 23.5 Å². The topological polar surface area (TPSA) is 63.4 Å². The minimum atomic E-state index is -0.558. The molecule has 1 saturated carbocycles. The Kier molecular flexibility index (Phi) is 3.18. The molecule has 1 heterocycles. The number of anilines is 1. The number of hydrogen-bond donors (Lipinski definition) is 1. The predicted molar refractivity (Wildman–Crippen MR) is 87.9 cm³/mol. The van der Waals surface area contributed by atoms with Crippen LogP contribution in [0.3, 0.4) is 0 Å². The summed E-state index contributed by atoms with van der Waals surface area (Å²) in [6.07, 6.45) is 1.35. The van der Waals surface area contributed by atoms with Crippen LogP contribution in [-0.2, 0) is 16.0 Å². The average molecular weight is 306 g/mol. The number of amides is 2. The molecular weight excluding hydrogens is 288 g/mol. The number of benzene rings is 2. The first-order valence-corrected chi connectivity index (χ1v) is 7.92. The third-order valence-corrected chi connectivity index (χ3v) is 4.88. The first-order chi connectivity index (χ1) is 11.2. The fourth-order valence-corrected chi connectivity index (χ4v) is 3.60. The van der Waals surface area contributed by atoms with E-state index in [0.717, 1.165) is 17.7 Å². The predicted octanol–water partition coefficient (Wildman–Crippen LogP) is 2.23. The molecule has 23 heavy (non-hydrogen) atoms. The molecule has 0 spiro atoms. The molecule has 1 aliphatic heterocycles. The van der Waals surface area contributed by atoms with Crippen molar-refractivity contribution in [1.29, 1.82) is 0 Å². The zero-order chi connectivity index (χ0) is 16.0. The maximum atomic E-state index is 13.0. The van der Waals surface area contributed by atoms with Crippen LogP contribution in [0.25, 0.3) is 0 Å². The Bertz CT molecular complexity index is 772. The van der Waals surface area contributed by atoms with E-state index in [1.54, 1.807) is 4.90 Å². The van der Waals surface area contributed by atoms with Crippen molar-refractivity contribution >= 4 is 17.5 Å². The monoisotopic (exact) mass is 306 g/mol. The van der Waals surface area contributed by atoms with Gasteiger partial charge in [-0.1, -0.05) is 48.5 Å². The molecule has 2 aliphatic rings. The molecule has 4 rings (SSSR count). The van der Waals surface area contributed by atoms with Crippen molar-refractivity contribution < 1.29 is 9.59 Å². The van der Waals surface area contributed by atoms with Crippen molar-refractivity contribution in [2.45, 2.75) is 24.8 Å². The molecule has 0 unspecified atom stereocenters. The highest BCUT2D eigenvalue weighted by molar-refractivity contribution is 6.05. The van der Waals surface area contributed by atoms with Crippen LogP contribution < -0.4 is 10.6 Å².